The minimum atomic E-state index is -2.95. The number of methoxy groups -OCH3 is 1. The van der Waals surface area contributed by atoms with Crippen LogP contribution in [0.3, 0.4) is 0 Å². The maximum Gasteiger partial charge on any atom is 0.286 e. The highest BCUT2D eigenvalue weighted by molar-refractivity contribution is 7.93. The number of nitrogens with one attached hydrogen (secondary N) is 1. The second kappa shape index (κ2) is 18.0. The lowest BCUT2D eigenvalue weighted by Gasteiger charge is -2.36. The van der Waals surface area contributed by atoms with Crippen LogP contribution in [0.5, 0.6) is 5.75 Å². The third kappa shape index (κ3) is 12.9. The highest BCUT2D eigenvalue weighted by atomic mass is 32.2. The van der Waals surface area contributed by atoms with Crippen LogP contribution in [0.15, 0.2) is 65.2 Å². The van der Waals surface area contributed by atoms with Gasteiger partial charge in [-0.3, -0.25) is 9.59 Å². The molecule has 0 atom stereocenters. The van der Waals surface area contributed by atoms with Crippen molar-refractivity contribution >= 4 is 49.7 Å². The van der Waals surface area contributed by atoms with E-state index in [4.69, 9.17) is 19.3 Å². The lowest BCUT2D eigenvalue weighted by atomic mass is 10.1. The molecule has 3 aromatic rings. The minimum Gasteiger partial charge on any atom is -0.497 e. The molecule has 0 aliphatic carbocycles. The topological polar surface area (TPSA) is 142 Å². The molecular formula is C40H58N4O6SSi2. The van der Waals surface area contributed by atoms with Gasteiger partial charge in [-0.25, -0.2) is 9.19 Å². The molecule has 0 fully saturated rings. The van der Waals surface area contributed by atoms with Gasteiger partial charge >= 0.3 is 0 Å². The Hall–Kier alpha value is -3.81. The number of anilines is 2. The van der Waals surface area contributed by atoms with Crippen LogP contribution >= 0.6 is 0 Å². The molecule has 2 aromatic carbocycles. The smallest absolute Gasteiger partial charge is 0.286 e. The Labute approximate surface area is 319 Å². The Kier molecular flexibility index (Phi) is 14.8. The van der Waals surface area contributed by atoms with Crippen LogP contribution in [0.1, 0.15) is 86.2 Å². The Morgan fingerprint density at radius 1 is 0.849 bits per heavy atom. The highest BCUT2D eigenvalue weighted by Crippen LogP contribution is 2.37. The molecule has 0 unspecified atom stereocenters. The van der Waals surface area contributed by atoms with Gasteiger partial charge < -0.3 is 24.6 Å². The van der Waals surface area contributed by atoms with Crippen molar-refractivity contribution in [3.05, 3.63) is 83.0 Å². The summed E-state index contributed by atoms with van der Waals surface area (Å²) in [6.07, 6.45) is 2.37. The first-order valence-corrected chi connectivity index (χ1v) is 25.6. The average Bonchev–Trinajstić information content (AvgIpc) is 3.07. The quantitative estimate of drug-likeness (QED) is 0.0940. The van der Waals surface area contributed by atoms with E-state index in [9.17, 15) is 13.8 Å². The van der Waals surface area contributed by atoms with Crippen molar-refractivity contribution < 1.29 is 27.4 Å². The van der Waals surface area contributed by atoms with Crippen LogP contribution < -0.4 is 15.8 Å². The molecule has 53 heavy (non-hydrogen) atoms. The number of carbonyl (C=O) groups is 2. The van der Waals surface area contributed by atoms with Crippen LogP contribution in [0.2, 0.25) is 36.3 Å². The van der Waals surface area contributed by atoms with Crippen molar-refractivity contribution in [1.82, 2.24) is 4.98 Å². The monoisotopic (exact) mass is 778 g/mol. The summed E-state index contributed by atoms with van der Waals surface area (Å²) in [5.74, 6) is 6.29. The molecule has 0 radical (unpaired) electrons. The molecule has 0 saturated carbocycles. The summed E-state index contributed by atoms with van der Waals surface area (Å²) in [6.45, 7) is 22.7. The Morgan fingerprint density at radius 2 is 1.43 bits per heavy atom. The molecule has 1 aromatic heterocycles. The summed E-state index contributed by atoms with van der Waals surface area (Å²) in [5.41, 5.74) is 8.24. The largest absolute Gasteiger partial charge is 0.497 e. The Bertz CT molecular complexity index is 1910. The van der Waals surface area contributed by atoms with Gasteiger partial charge in [0, 0.05) is 47.7 Å². The average molecular weight is 779 g/mol. The Morgan fingerprint density at radius 3 is 2.00 bits per heavy atom. The third-order valence-electron chi connectivity index (χ3n) is 9.96. The van der Waals surface area contributed by atoms with Gasteiger partial charge in [0.2, 0.25) is 0 Å². The number of carbonyl (C=O) groups excluding carboxylic acids is 2. The fourth-order valence-electron chi connectivity index (χ4n) is 4.53. The summed E-state index contributed by atoms with van der Waals surface area (Å²) in [4.78, 5) is 30.6. The second-order valence-electron chi connectivity index (χ2n) is 16.2. The minimum absolute atomic E-state index is 0.0504. The number of rotatable bonds is 14. The van der Waals surface area contributed by atoms with Crippen molar-refractivity contribution in [2.24, 2.45) is 4.36 Å². The molecule has 0 spiro atoms. The molecular weight excluding hydrogens is 721 g/mol. The molecule has 0 bridgehead atoms. The number of ether oxygens (including phenoxy) is 1. The standard InChI is InChI=1S/C40H58N4O6SSi2/c1-39(2,3)52(8,9)49-22-14-24-51(47,25-15-23-50-53(10,11)40(4,5)6)44-38(46)33-27-31(36(41)42-29-33)21-20-30-16-12-18-34(26-30)43-37(45)32-17-13-19-35(28-32)48-7/h12-13,16-19,26-29H,14-15,22-25H2,1-11H3,(H2,41,42)(H,43,45). The van der Waals surface area contributed by atoms with Crippen LogP contribution in [-0.2, 0) is 18.6 Å². The number of nitrogens with two attached hydrogens (primary N) is 1. The van der Waals surface area contributed by atoms with Gasteiger partial charge in [-0.1, -0.05) is 65.5 Å². The number of hydrogen-bond donors (Lipinski definition) is 2. The highest BCUT2D eigenvalue weighted by Gasteiger charge is 2.38. The predicted octanol–water partition coefficient (Wildman–Crippen LogP) is 8.76. The molecule has 0 saturated heterocycles. The van der Waals surface area contributed by atoms with E-state index in [-0.39, 0.29) is 38.9 Å². The van der Waals surface area contributed by atoms with E-state index >= 15 is 0 Å². The molecule has 1 heterocycles. The zero-order chi connectivity index (χ0) is 39.7. The van der Waals surface area contributed by atoms with Crippen molar-refractivity contribution in [1.29, 1.82) is 0 Å². The van der Waals surface area contributed by atoms with Crippen LogP contribution in [-0.4, -0.2) is 69.5 Å². The molecule has 13 heteroatoms. The maximum absolute atomic E-state index is 14.3. The number of aromatic nitrogens is 1. The lowest BCUT2D eigenvalue weighted by molar-refractivity contribution is 0.100. The van der Waals surface area contributed by atoms with E-state index in [0.717, 1.165) is 0 Å². The van der Waals surface area contributed by atoms with Crippen LogP contribution in [0.4, 0.5) is 11.5 Å². The summed E-state index contributed by atoms with van der Waals surface area (Å²) in [5, 5.41) is 2.97. The first-order chi connectivity index (χ1) is 24.6. The molecule has 3 rings (SSSR count). The van der Waals surface area contributed by atoms with Gasteiger partial charge in [0.25, 0.3) is 11.8 Å². The number of pyridine rings is 1. The lowest BCUT2D eigenvalue weighted by Crippen LogP contribution is -2.41. The molecule has 0 aliphatic heterocycles. The van der Waals surface area contributed by atoms with Crippen molar-refractivity contribution in [2.75, 3.05) is 42.9 Å². The van der Waals surface area contributed by atoms with E-state index in [1.807, 2.05) is 0 Å². The zero-order valence-electron chi connectivity index (χ0n) is 33.3. The number of benzene rings is 2. The van der Waals surface area contributed by atoms with E-state index in [2.05, 4.69) is 94.2 Å². The van der Waals surface area contributed by atoms with Crippen molar-refractivity contribution in [3.8, 4) is 17.6 Å². The summed E-state index contributed by atoms with van der Waals surface area (Å²) < 4.78 is 36.5. The molecule has 2 amide bonds. The van der Waals surface area contributed by atoms with Gasteiger partial charge in [-0.15, -0.1) is 0 Å². The van der Waals surface area contributed by atoms with Gasteiger partial charge in [-0.05, 0) is 91.6 Å². The summed E-state index contributed by atoms with van der Waals surface area (Å²) in [7, 11) is -5.39. The van der Waals surface area contributed by atoms with E-state index in [1.165, 1.54) is 12.3 Å². The number of nitrogen functional groups attached to an aromatic ring is 1. The fourth-order valence-corrected chi connectivity index (χ4v) is 8.64. The normalized spacial score (nSPS) is 12.4. The molecule has 288 valence electrons. The number of hydrogen-bond acceptors (Lipinski definition) is 8. The maximum atomic E-state index is 14.3. The number of amides is 2. The van der Waals surface area contributed by atoms with Gasteiger partial charge in [0.1, 0.15) is 11.6 Å². The molecule has 10 nitrogen and oxygen atoms in total. The van der Waals surface area contributed by atoms with Crippen LogP contribution in [0.25, 0.3) is 0 Å². The van der Waals surface area contributed by atoms with E-state index in [0.29, 0.717) is 54.2 Å². The van der Waals surface area contributed by atoms with Gasteiger partial charge in [0.05, 0.1) is 28.0 Å². The SMILES string of the molecule is COc1cccc(C(=O)Nc2cccc(C#Cc3cc(C(=O)N=S(=O)(CCCO[Si](C)(C)C(C)(C)C)CCCO[Si](C)(C)C(C)(C)C)cnc3N)c2)c1. The van der Waals surface area contributed by atoms with E-state index in [1.54, 1.807) is 55.6 Å². The first-order valence-electron chi connectivity index (χ1n) is 17.9. The molecule has 0 aliphatic rings. The van der Waals surface area contributed by atoms with Crippen molar-refractivity contribution in [3.63, 3.8) is 0 Å². The number of nitrogens with zero attached hydrogens (tertiary/aromatic N) is 2. The van der Waals surface area contributed by atoms with E-state index < -0.39 is 32.3 Å². The summed E-state index contributed by atoms with van der Waals surface area (Å²) >= 11 is 0. The first kappa shape index (κ1) is 43.6. The Balaban J connectivity index is 1.82. The van der Waals surface area contributed by atoms with Crippen molar-refractivity contribution in [2.45, 2.75) is 90.6 Å². The second-order valence-corrected chi connectivity index (χ2v) is 28.3. The van der Waals surface area contributed by atoms with Crippen LogP contribution in [0, 0.1) is 11.8 Å². The predicted molar refractivity (Wildman–Crippen MR) is 222 cm³/mol. The van der Waals surface area contributed by atoms with Gasteiger partial charge in [-0.2, -0.15) is 4.36 Å². The van der Waals surface area contributed by atoms with Gasteiger partial charge in [0.15, 0.2) is 16.6 Å². The summed E-state index contributed by atoms with van der Waals surface area (Å²) in [6, 6.07) is 15.5. The third-order valence-corrected chi connectivity index (χ3v) is 21.4. The zero-order valence-corrected chi connectivity index (χ0v) is 36.2. The molecule has 3 N–H and O–H groups in total. The fraction of sp³-hybridized carbons (Fsp3) is 0.475.